The van der Waals surface area contributed by atoms with Crippen LogP contribution in [0.5, 0.6) is 0 Å². The van der Waals surface area contributed by atoms with Gasteiger partial charge < -0.3 is 16.0 Å². The van der Waals surface area contributed by atoms with E-state index in [1.807, 2.05) is 17.9 Å². The molecule has 0 saturated carbocycles. The maximum absolute atomic E-state index is 11.8. The van der Waals surface area contributed by atoms with Crippen LogP contribution in [0.15, 0.2) is 18.2 Å². The van der Waals surface area contributed by atoms with E-state index >= 15 is 0 Å². The standard InChI is InChI=1S/C12H16ClN3O/c1-2-10-12(17)15-5-6-16(10)11-7-8(13)3-4-9(11)14/h3-4,7,10H,2,5-6,14H2,1H3,(H,15,17). The number of piperazine rings is 1. The van der Waals surface area contributed by atoms with E-state index in [0.717, 1.165) is 18.7 Å². The second kappa shape index (κ2) is 4.84. The molecule has 1 unspecified atom stereocenters. The number of hydrogen-bond acceptors (Lipinski definition) is 3. The number of carbonyl (C=O) groups excluding carboxylic acids is 1. The molecule has 1 atom stereocenters. The van der Waals surface area contributed by atoms with E-state index in [4.69, 9.17) is 17.3 Å². The molecule has 0 aliphatic carbocycles. The summed E-state index contributed by atoms with van der Waals surface area (Å²) in [7, 11) is 0. The van der Waals surface area contributed by atoms with Gasteiger partial charge in [0.1, 0.15) is 6.04 Å². The zero-order valence-corrected chi connectivity index (χ0v) is 10.5. The van der Waals surface area contributed by atoms with Crippen LogP contribution >= 0.6 is 11.6 Å². The summed E-state index contributed by atoms with van der Waals surface area (Å²) in [5, 5.41) is 3.50. The van der Waals surface area contributed by atoms with E-state index < -0.39 is 0 Å². The van der Waals surface area contributed by atoms with Crippen LogP contribution in [-0.4, -0.2) is 25.0 Å². The van der Waals surface area contributed by atoms with Crippen molar-refractivity contribution in [2.75, 3.05) is 23.7 Å². The summed E-state index contributed by atoms with van der Waals surface area (Å²) in [6.45, 7) is 3.39. The molecule has 1 saturated heterocycles. The highest BCUT2D eigenvalue weighted by Gasteiger charge is 2.29. The first-order chi connectivity index (χ1) is 8.13. The lowest BCUT2D eigenvalue weighted by Gasteiger charge is -2.37. The third kappa shape index (κ3) is 2.31. The minimum atomic E-state index is -0.162. The van der Waals surface area contributed by atoms with Crippen LogP contribution in [-0.2, 0) is 4.79 Å². The van der Waals surface area contributed by atoms with E-state index in [0.29, 0.717) is 17.3 Å². The minimum absolute atomic E-state index is 0.0538. The molecule has 0 radical (unpaired) electrons. The zero-order valence-electron chi connectivity index (χ0n) is 9.74. The monoisotopic (exact) mass is 253 g/mol. The van der Waals surface area contributed by atoms with Crippen molar-refractivity contribution in [2.24, 2.45) is 0 Å². The molecule has 92 valence electrons. The van der Waals surface area contributed by atoms with Gasteiger partial charge in [0.05, 0.1) is 11.4 Å². The van der Waals surface area contributed by atoms with Gasteiger partial charge in [-0.1, -0.05) is 18.5 Å². The van der Waals surface area contributed by atoms with Gasteiger partial charge in [0.25, 0.3) is 0 Å². The maximum atomic E-state index is 11.8. The third-order valence-electron chi connectivity index (χ3n) is 3.02. The zero-order chi connectivity index (χ0) is 12.4. The van der Waals surface area contributed by atoms with Crippen LogP contribution in [0.2, 0.25) is 5.02 Å². The Balaban J connectivity index is 2.36. The molecule has 1 aromatic carbocycles. The Morgan fingerprint density at radius 2 is 2.35 bits per heavy atom. The smallest absolute Gasteiger partial charge is 0.242 e. The van der Waals surface area contributed by atoms with Crippen LogP contribution in [0.25, 0.3) is 0 Å². The van der Waals surface area contributed by atoms with Crippen LogP contribution in [0.4, 0.5) is 11.4 Å². The Morgan fingerprint density at radius 1 is 1.59 bits per heavy atom. The molecule has 1 aliphatic rings. The van der Waals surface area contributed by atoms with Gasteiger partial charge in [-0.2, -0.15) is 0 Å². The maximum Gasteiger partial charge on any atom is 0.242 e. The molecule has 5 heteroatoms. The summed E-state index contributed by atoms with van der Waals surface area (Å²) in [4.78, 5) is 13.8. The van der Waals surface area contributed by atoms with Gasteiger partial charge in [-0.05, 0) is 24.6 Å². The van der Waals surface area contributed by atoms with Crippen molar-refractivity contribution in [1.82, 2.24) is 5.32 Å². The number of nitrogens with one attached hydrogen (secondary N) is 1. The molecule has 3 N–H and O–H groups in total. The number of halogens is 1. The van der Waals surface area contributed by atoms with E-state index in [-0.39, 0.29) is 11.9 Å². The highest BCUT2D eigenvalue weighted by atomic mass is 35.5. The fraction of sp³-hybridized carbons (Fsp3) is 0.417. The van der Waals surface area contributed by atoms with Crippen molar-refractivity contribution >= 4 is 28.9 Å². The second-order valence-electron chi connectivity index (χ2n) is 4.11. The van der Waals surface area contributed by atoms with Crippen LogP contribution < -0.4 is 16.0 Å². The number of carbonyl (C=O) groups is 1. The number of anilines is 2. The Morgan fingerprint density at radius 3 is 3.06 bits per heavy atom. The largest absolute Gasteiger partial charge is 0.397 e. The summed E-state index contributed by atoms with van der Waals surface area (Å²) in [5.41, 5.74) is 7.45. The summed E-state index contributed by atoms with van der Waals surface area (Å²) in [5.74, 6) is 0.0538. The number of amides is 1. The lowest BCUT2D eigenvalue weighted by molar-refractivity contribution is -0.123. The molecule has 1 aliphatic heterocycles. The number of benzene rings is 1. The molecule has 1 amide bonds. The van der Waals surface area contributed by atoms with Crippen molar-refractivity contribution in [1.29, 1.82) is 0 Å². The number of rotatable bonds is 2. The summed E-state index contributed by atoms with van der Waals surface area (Å²) in [6.07, 6.45) is 0.748. The Kier molecular flexibility index (Phi) is 3.43. The van der Waals surface area contributed by atoms with Crippen LogP contribution in [0.3, 0.4) is 0 Å². The van der Waals surface area contributed by atoms with Gasteiger partial charge in [0, 0.05) is 18.1 Å². The molecular formula is C12H16ClN3O. The van der Waals surface area contributed by atoms with Gasteiger partial charge in [0.2, 0.25) is 5.91 Å². The van der Waals surface area contributed by atoms with Gasteiger partial charge in [-0.3, -0.25) is 4.79 Å². The number of nitrogens with two attached hydrogens (primary N) is 1. The minimum Gasteiger partial charge on any atom is -0.397 e. The van der Waals surface area contributed by atoms with Crippen molar-refractivity contribution < 1.29 is 4.79 Å². The third-order valence-corrected chi connectivity index (χ3v) is 3.25. The molecule has 1 aromatic rings. The Hall–Kier alpha value is -1.42. The van der Waals surface area contributed by atoms with Crippen molar-refractivity contribution in [3.8, 4) is 0 Å². The highest BCUT2D eigenvalue weighted by Crippen LogP contribution is 2.29. The summed E-state index contributed by atoms with van der Waals surface area (Å²) >= 11 is 5.98. The Labute approximate surface area is 106 Å². The molecule has 2 rings (SSSR count). The number of nitrogen functional groups attached to an aromatic ring is 1. The predicted molar refractivity (Wildman–Crippen MR) is 70.3 cm³/mol. The quantitative estimate of drug-likeness (QED) is 0.788. The molecule has 4 nitrogen and oxygen atoms in total. The molecule has 1 heterocycles. The first-order valence-corrected chi connectivity index (χ1v) is 6.10. The van der Waals surface area contributed by atoms with Crippen molar-refractivity contribution in [3.63, 3.8) is 0 Å². The van der Waals surface area contributed by atoms with Crippen LogP contribution in [0, 0.1) is 0 Å². The van der Waals surface area contributed by atoms with Crippen molar-refractivity contribution in [3.05, 3.63) is 23.2 Å². The number of nitrogens with zero attached hydrogens (tertiary/aromatic N) is 1. The van der Waals surface area contributed by atoms with E-state index in [1.165, 1.54) is 0 Å². The molecule has 0 bridgehead atoms. The molecule has 1 fully saturated rings. The fourth-order valence-electron chi connectivity index (χ4n) is 2.17. The lowest BCUT2D eigenvalue weighted by Crippen LogP contribution is -2.55. The average molecular weight is 254 g/mol. The SMILES string of the molecule is CCC1C(=O)NCCN1c1cc(Cl)ccc1N. The molecule has 0 aromatic heterocycles. The average Bonchev–Trinajstić information content (AvgIpc) is 2.32. The second-order valence-corrected chi connectivity index (χ2v) is 4.55. The van der Waals surface area contributed by atoms with E-state index in [2.05, 4.69) is 5.32 Å². The summed E-state index contributed by atoms with van der Waals surface area (Å²) < 4.78 is 0. The lowest BCUT2D eigenvalue weighted by atomic mass is 10.1. The predicted octanol–water partition coefficient (Wildman–Crippen LogP) is 1.64. The van der Waals surface area contributed by atoms with Crippen LogP contribution in [0.1, 0.15) is 13.3 Å². The number of hydrogen-bond donors (Lipinski definition) is 2. The van der Waals surface area contributed by atoms with Gasteiger partial charge in [0.15, 0.2) is 0 Å². The fourth-order valence-corrected chi connectivity index (χ4v) is 2.34. The van der Waals surface area contributed by atoms with Gasteiger partial charge in [-0.25, -0.2) is 0 Å². The summed E-state index contributed by atoms with van der Waals surface area (Å²) in [6, 6.07) is 5.19. The van der Waals surface area contributed by atoms with E-state index in [9.17, 15) is 4.79 Å². The van der Waals surface area contributed by atoms with Crippen molar-refractivity contribution in [2.45, 2.75) is 19.4 Å². The molecule has 17 heavy (non-hydrogen) atoms. The molecular weight excluding hydrogens is 238 g/mol. The molecule has 0 spiro atoms. The first kappa shape index (κ1) is 12.0. The van der Waals surface area contributed by atoms with E-state index in [1.54, 1.807) is 12.1 Å². The first-order valence-electron chi connectivity index (χ1n) is 5.73. The van der Waals surface area contributed by atoms with Gasteiger partial charge in [-0.15, -0.1) is 0 Å². The topological polar surface area (TPSA) is 58.4 Å². The highest BCUT2D eigenvalue weighted by molar-refractivity contribution is 6.31. The normalized spacial score (nSPS) is 20.2. The van der Waals surface area contributed by atoms with Gasteiger partial charge >= 0.3 is 0 Å². The Bertz CT molecular complexity index is 436.